The number of benzene rings is 2. The molecule has 0 bridgehead atoms. The second-order valence-corrected chi connectivity index (χ2v) is 9.12. The number of para-hydroxylation sites is 1. The highest BCUT2D eigenvalue weighted by Crippen LogP contribution is 2.33. The van der Waals surface area contributed by atoms with E-state index in [4.69, 9.17) is 0 Å². The number of aromatic hydroxyl groups is 1. The summed E-state index contributed by atoms with van der Waals surface area (Å²) in [6, 6.07) is 15.7. The molecular formula is C21H15N3O4S2. The van der Waals surface area contributed by atoms with E-state index in [1.807, 2.05) is 30.3 Å². The first kappa shape index (κ1) is 18.6. The second-order valence-electron chi connectivity index (χ2n) is 6.81. The largest absolute Gasteiger partial charge is 0.506 e. The quantitative estimate of drug-likeness (QED) is 0.512. The average molecular weight is 438 g/mol. The third-order valence-electron chi connectivity index (χ3n) is 4.93. The van der Waals surface area contributed by atoms with E-state index in [9.17, 15) is 18.3 Å². The topological polar surface area (TPSA) is 101 Å². The molecule has 3 heterocycles. The number of anilines is 1. The number of pyridine rings is 1. The molecule has 1 aliphatic rings. The molecule has 5 rings (SSSR count). The number of rotatable bonds is 3. The van der Waals surface area contributed by atoms with Crippen LogP contribution in [0.2, 0.25) is 0 Å². The van der Waals surface area contributed by atoms with Crippen molar-refractivity contribution in [1.29, 1.82) is 0 Å². The van der Waals surface area contributed by atoms with Crippen molar-refractivity contribution < 1.29 is 13.5 Å². The molecule has 0 spiro atoms. The highest BCUT2D eigenvalue weighted by molar-refractivity contribution is 7.90. The number of thiophene rings is 1. The first-order chi connectivity index (χ1) is 14.5. The summed E-state index contributed by atoms with van der Waals surface area (Å²) in [6.07, 6.45) is 0. The van der Waals surface area contributed by atoms with Gasteiger partial charge in [-0.2, -0.15) is 8.42 Å². The molecule has 0 unspecified atom stereocenters. The highest BCUT2D eigenvalue weighted by atomic mass is 32.2. The van der Waals surface area contributed by atoms with Gasteiger partial charge >= 0.3 is 0 Å². The van der Waals surface area contributed by atoms with Crippen LogP contribution in [-0.2, 0) is 16.6 Å². The molecule has 0 fully saturated rings. The van der Waals surface area contributed by atoms with Crippen molar-refractivity contribution in [2.45, 2.75) is 11.4 Å². The summed E-state index contributed by atoms with van der Waals surface area (Å²) in [7, 11) is -4.02. The Morgan fingerprint density at radius 1 is 1.03 bits per heavy atom. The van der Waals surface area contributed by atoms with Crippen LogP contribution in [0.15, 0.2) is 79.4 Å². The maximum absolute atomic E-state index is 13.4. The molecule has 9 heteroatoms. The maximum Gasteiger partial charge on any atom is 0.286 e. The van der Waals surface area contributed by atoms with Gasteiger partial charge in [-0.05, 0) is 17.7 Å². The molecule has 4 aromatic rings. The lowest BCUT2D eigenvalue weighted by atomic mass is 10.1. The first-order valence-electron chi connectivity index (χ1n) is 9.03. The number of hydrogen-bond donors (Lipinski definition) is 2. The molecule has 2 aromatic heterocycles. The lowest BCUT2D eigenvalue weighted by Crippen LogP contribution is -2.32. The molecule has 0 saturated heterocycles. The van der Waals surface area contributed by atoms with E-state index in [1.165, 1.54) is 22.0 Å². The van der Waals surface area contributed by atoms with Crippen molar-refractivity contribution in [3.63, 3.8) is 0 Å². The summed E-state index contributed by atoms with van der Waals surface area (Å²) in [5.74, 6) is -0.479. The molecule has 7 nitrogen and oxygen atoms in total. The fourth-order valence-electron chi connectivity index (χ4n) is 3.52. The van der Waals surface area contributed by atoms with Gasteiger partial charge in [0.2, 0.25) is 0 Å². The number of hydrogen-bond acceptors (Lipinski definition) is 6. The van der Waals surface area contributed by atoms with Crippen LogP contribution < -0.4 is 10.9 Å². The van der Waals surface area contributed by atoms with Gasteiger partial charge in [-0.25, -0.2) is 0 Å². The van der Waals surface area contributed by atoms with Gasteiger partial charge in [0.25, 0.3) is 15.6 Å². The van der Waals surface area contributed by atoms with Crippen LogP contribution in [0.5, 0.6) is 5.75 Å². The minimum Gasteiger partial charge on any atom is -0.506 e. The van der Waals surface area contributed by atoms with E-state index < -0.39 is 15.6 Å². The summed E-state index contributed by atoms with van der Waals surface area (Å²) < 4.78 is 30.6. The molecule has 0 aliphatic carbocycles. The van der Waals surface area contributed by atoms with Gasteiger partial charge in [-0.15, -0.1) is 15.7 Å². The molecule has 0 radical (unpaired) electrons. The summed E-state index contributed by atoms with van der Waals surface area (Å²) in [4.78, 5) is 13.4. The fraction of sp³-hybridized carbons (Fsp3) is 0.0476. The van der Waals surface area contributed by atoms with Crippen molar-refractivity contribution in [3.8, 4) is 5.75 Å². The molecule has 30 heavy (non-hydrogen) atoms. The van der Waals surface area contributed by atoms with E-state index in [-0.39, 0.29) is 28.6 Å². The van der Waals surface area contributed by atoms with E-state index in [0.717, 1.165) is 5.56 Å². The second kappa shape index (κ2) is 6.82. The predicted molar refractivity (Wildman–Crippen MR) is 117 cm³/mol. The van der Waals surface area contributed by atoms with Crippen LogP contribution in [0.25, 0.3) is 10.9 Å². The zero-order chi connectivity index (χ0) is 20.9. The summed E-state index contributed by atoms with van der Waals surface area (Å²) in [6.45, 7) is 0.275. The number of nitrogens with zero attached hydrogens (tertiary/aromatic N) is 2. The first-order valence-corrected chi connectivity index (χ1v) is 11.4. The Morgan fingerprint density at radius 2 is 1.77 bits per heavy atom. The number of aromatic nitrogens is 1. The minimum atomic E-state index is -4.02. The Balaban J connectivity index is 1.75. The lowest BCUT2D eigenvalue weighted by molar-refractivity contribution is 0.478. The Labute approximate surface area is 175 Å². The van der Waals surface area contributed by atoms with E-state index in [2.05, 4.69) is 9.71 Å². The molecule has 1 aliphatic heterocycles. The van der Waals surface area contributed by atoms with E-state index in [0.29, 0.717) is 16.6 Å². The average Bonchev–Trinajstić information content (AvgIpc) is 3.22. The Bertz CT molecular complexity index is 1490. The van der Waals surface area contributed by atoms with Gasteiger partial charge in [0.05, 0.1) is 23.1 Å². The Morgan fingerprint density at radius 3 is 2.57 bits per heavy atom. The van der Waals surface area contributed by atoms with Gasteiger partial charge in [-0.1, -0.05) is 42.5 Å². The summed E-state index contributed by atoms with van der Waals surface area (Å²) in [5.41, 5.74) is 1.09. The molecule has 0 atom stereocenters. The third-order valence-corrected chi connectivity index (χ3v) is 7.00. The number of nitrogens with one attached hydrogen (secondary N) is 1. The van der Waals surface area contributed by atoms with Gasteiger partial charge in [0.1, 0.15) is 16.2 Å². The Hall–Kier alpha value is -3.43. The summed E-state index contributed by atoms with van der Waals surface area (Å²) >= 11 is 1.35. The van der Waals surface area contributed by atoms with Crippen LogP contribution >= 0.6 is 11.3 Å². The SMILES string of the molecule is O=c1c(C2=NS(=O)(=O)c3ccccc3N2)c(O)c2cscc2n1Cc1ccccc1. The number of fused-ring (bicyclic) bond motifs is 2. The highest BCUT2D eigenvalue weighted by Gasteiger charge is 2.29. The van der Waals surface area contributed by atoms with E-state index in [1.54, 1.807) is 29.0 Å². The summed E-state index contributed by atoms with van der Waals surface area (Å²) in [5, 5.41) is 17.7. The van der Waals surface area contributed by atoms with Crippen LogP contribution in [-0.4, -0.2) is 23.9 Å². The fourth-order valence-corrected chi connectivity index (χ4v) is 5.46. The van der Waals surface area contributed by atoms with Crippen molar-refractivity contribution in [2.24, 2.45) is 4.40 Å². The number of sulfonamides is 1. The van der Waals surface area contributed by atoms with Gasteiger partial charge in [-0.3, -0.25) is 4.79 Å². The normalized spacial score (nSPS) is 14.7. The van der Waals surface area contributed by atoms with Crippen LogP contribution in [0, 0.1) is 0 Å². The van der Waals surface area contributed by atoms with Crippen molar-refractivity contribution in [3.05, 3.63) is 86.8 Å². The molecule has 0 amide bonds. The monoisotopic (exact) mass is 437 g/mol. The predicted octanol–water partition coefficient (Wildman–Crippen LogP) is 3.38. The maximum atomic E-state index is 13.4. The van der Waals surface area contributed by atoms with Gasteiger partial charge in [0.15, 0.2) is 5.84 Å². The van der Waals surface area contributed by atoms with Gasteiger partial charge in [0, 0.05) is 10.8 Å². The molecule has 0 saturated carbocycles. The van der Waals surface area contributed by atoms with Crippen LogP contribution in [0.1, 0.15) is 11.1 Å². The standard InChI is InChI=1S/C21H15N3O4S2/c25-19-14-11-29-12-16(14)24(10-13-6-2-1-3-7-13)21(26)18(19)20-22-15-8-4-5-9-17(15)30(27,28)23-20/h1-9,11-12,25H,10H2,(H,22,23). The Kier molecular flexibility index (Phi) is 4.23. The molecule has 2 aromatic carbocycles. The van der Waals surface area contributed by atoms with E-state index >= 15 is 0 Å². The molecule has 150 valence electrons. The number of amidine groups is 1. The zero-order valence-corrected chi connectivity index (χ0v) is 17.1. The van der Waals surface area contributed by atoms with Crippen LogP contribution in [0.4, 0.5) is 5.69 Å². The van der Waals surface area contributed by atoms with Crippen LogP contribution in [0.3, 0.4) is 0 Å². The van der Waals surface area contributed by atoms with Crippen molar-refractivity contribution in [2.75, 3.05) is 5.32 Å². The molecule has 2 N–H and O–H groups in total. The molecular weight excluding hydrogens is 422 g/mol. The van der Waals surface area contributed by atoms with Gasteiger partial charge < -0.3 is 15.0 Å². The van der Waals surface area contributed by atoms with Crippen molar-refractivity contribution in [1.82, 2.24) is 4.57 Å². The minimum absolute atomic E-state index is 0.0227. The zero-order valence-electron chi connectivity index (χ0n) is 15.4. The third kappa shape index (κ3) is 2.90. The lowest BCUT2D eigenvalue weighted by Gasteiger charge is -2.20. The van der Waals surface area contributed by atoms with Crippen molar-refractivity contribution >= 4 is 43.8 Å². The smallest absolute Gasteiger partial charge is 0.286 e.